The van der Waals surface area contributed by atoms with Gasteiger partial charge in [-0.3, -0.25) is 9.59 Å². The lowest BCUT2D eigenvalue weighted by Crippen LogP contribution is -2.47. The highest BCUT2D eigenvalue weighted by Gasteiger charge is 2.29. The molecule has 0 spiro atoms. The van der Waals surface area contributed by atoms with Gasteiger partial charge in [-0.15, -0.1) is 11.3 Å². The molecular weight excluding hydrogens is 512 g/mol. The number of carbonyl (C=O) groups is 3. The first-order chi connectivity index (χ1) is 18.7. The number of imide groups is 1. The molecule has 4 aromatic rings. The monoisotopic (exact) mass is 544 g/mol. The van der Waals surface area contributed by atoms with Crippen LogP contribution >= 0.6 is 11.3 Å². The van der Waals surface area contributed by atoms with Crippen molar-refractivity contribution in [1.82, 2.24) is 4.90 Å². The summed E-state index contributed by atoms with van der Waals surface area (Å²) in [5.74, 6) is -0.574. The second-order valence-electron chi connectivity index (χ2n) is 9.72. The molecule has 0 fully saturated rings. The van der Waals surface area contributed by atoms with Crippen LogP contribution in [0.25, 0.3) is 10.1 Å². The number of hydrogen-bond acceptors (Lipinski definition) is 7. The molecule has 202 valence electrons. The number of ether oxygens (including phenoxy) is 1. The van der Waals surface area contributed by atoms with Gasteiger partial charge in [0.05, 0.1) is 28.8 Å². The summed E-state index contributed by atoms with van der Waals surface area (Å²) in [6, 6.07) is 22.8. The third-order valence-electron chi connectivity index (χ3n) is 6.09. The molecule has 39 heavy (non-hydrogen) atoms. The Bertz CT molecular complexity index is 1470. The largest absolute Gasteiger partial charge is 0.444 e. The van der Waals surface area contributed by atoms with Crippen LogP contribution in [0.3, 0.4) is 0 Å². The summed E-state index contributed by atoms with van der Waals surface area (Å²) in [7, 11) is 0. The van der Waals surface area contributed by atoms with E-state index in [-0.39, 0.29) is 25.0 Å². The molecule has 0 aliphatic heterocycles. The van der Waals surface area contributed by atoms with Crippen LogP contribution in [0.4, 0.5) is 16.2 Å². The van der Waals surface area contributed by atoms with E-state index in [0.717, 1.165) is 20.5 Å². The van der Waals surface area contributed by atoms with Gasteiger partial charge in [0.25, 0.3) is 5.91 Å². The van der Waals surface area contributed by atoms with E-state index in [2.05, 4.69) is 5.32 Å². The summed E-state index contributed by atoms with van der Waals surface area (Å²) < 4.78 is 6.32. The number of hydrogen-bond donors (Lipinski definition) is 3. The Hall–Kier alpha value is -4.21. The highest BCUT2D eigenvalue weighted by Crippen LogP contribution is 2.29. The number of nitrogens with one attached hydrogen (secondary N) is 1. The standard InChI is InChI=1S/C30H32N4O4S/c1-19(2)14-24(32)29(36)34(30(37)38-18-20-8-4-3-5-9-20)17-21-12-13-22-16-27(39-26(22)15-21)28(35)33-25-11-7-6-10-23(25)31/h3-13,15-16,19,24H,14,17-18,31-32H2,1-2H3,(H,33,35)/t24-/m0/s1. The van der Waals surface area contributed by atoms with Gasteiger partial charge in [0, 0.05) is 4.70 Å². The second kappa shape index (κ2) is 12.6. The topological polar surface area (TPSA) is 128 Å². The molecule has 5 N–H and O–H groups in total. The van der Waals surface area contributed by atoms with E-state index in [0.29, 0.717) is 28.2 Å². The molecule has 1 aromatic heterocycles. The smallest absolute Gasteiger partial charge is 0.417 e. The van der Waals surface area contributed by atoms with Crippen LogP contribution in [-0.2, 0) is 22.7 Å². The molecule has 0 radical (unpaired) electrons. The number of rotatable bonds is 9. The van der Waals surface area contributed by atoms with Crippen molar-refractivity contribution < 1.29 is 19.1 Å². The summed E-state index contributed by atoms with van der Waals surface area (Å²) in [6.45, 7) is 3.97. The van der Waals surface area contributed by atoms with Gasteiger partial charge < -0.3 is 21.5 Å². The van der Waals surface area contributed by atoms with Crippen molar-refractivity contribution in [3.8, 4) is 0 Å². The van der Waals surface area contributed by atoms with Crippen molar-refractivity contribution in [1.29, 1.82) is 0 Å². The third-order valence-corrected chi connectivity index (χ3v) is 7.19. The van der Waals surface area contributed by atoms with E-state index in [1.54, 1.807) is 30.3 Å². The Morgan fingerprint density at radius 2 is 1.67 bits per heavy atom. The number of carbonyl (C=O) groups excluding carboxylic acids is 3. The molecule has 0 saturated carbocycles. The zero-order valence-electron chi connectivity index (χ0n) is 21.9. The van der Waals surface area contributed by atoms with E-state index < -0.39 is 18.0 Å². The predicted octanol–water partition coefficient (Wildman–Crippen LogP) is 5.77. The Kier molecular flexibility index (Phi) is 8.96. The molecule has 0 aliphatic carbocycles. The van der Waals surface area contributed by atoms with E-state index in [1.807, 2.05) is 62.4 Å². The maximum atomic E-state index is 13.2. The first kappa shape index (κ1) is 27.8. The molecule has 0 bridgehead atoms. The second-order valence-corrected chi connectivity index (χ2v) is 10.8. The summed E-state index contributed by atoms with van der Waals surface area (Å²) >= 11 is 1.31. The van der Waals surface area contributed by atoms with Gasteiger partial charge in [0.1, 0.15) is 6.61 Å². The van der Waals surface area contributed by atoms with Crippen LogP contribution < -0.4 is 16.8 Å². The Labute approximate surface area is 231 Å². The Balaban J connectivity index is 1.53. The summed E-state index contributed by atoms with van der Waals surface area (Å²) in [5, 5.41) is 3.71. The molecule has 1 atom stereocenters. The molecule has 0 aliphatic rings. The minimum Gasteiger partial charge on any atom is -0.444 e. The number of fused-ring (bicyclic) bond motifs is 1. The van der Waals surface area contributed by atoms with Crippen molar-refractivity contribution in [3.63, 3.8) is 0 Å². The Morgan fingerprint density at radius 1 is 0.949 bits per heavy atom. The normalized spacial score (nSPS) is 11.8. The van der Waals surface area contributed by atoms with Gasteiger partial charge in [-0.05, 0) is 53.1 Å². The number of amides is 3. The van der Waals surface area contributed by atoms with Crippen molar-refractivity contribution in [2.75, 3.05) is 11.1 Å². The summed E-state index contributed by atoms with van der Waals surface area (Å²) in [4.78, 5) is 40.7. The van der Waals surface area contributed by atoms with Gasteiger partial charge >= 0.3 is 6.09 Å². The van der Waals surface area contributed by atoms with Crippen LogP contribution in [0.1, 0.15) is 41.1 Å². The highest BCUT2D eigenvalue weighted by molar-refractivity contribution is 7.20. The van der Waals surface area contributed by atoms with Gasteiger partial charge in [-0.1, -0.05) is 68.4 Å². The summed E-state index contributed by atoms with van der Waals surface area (Å²) in [5.41, 5.74) is 14.7. The quantitative estimate of drug-likeness (QED) is 0.229. The fraction of sp³-hybridized carbons (Fsp3) is 0.233. The molecule has 0 unspecified atom stereocenters. The van der Waals surface area contributed by atoms with Gasteiger partial charge in [-0.25, -0.2) is 9.69 Å². The molecule has 9 heteroatoms. The van der Waals surface area contributed by atoms with Crippen molar-refractivity contribution in [2.24, 2.45) is 11.7 Å². The lowest BCUT2D eigenvalue weighted by atomic mass is 10.0. The predicted molar refractivity (Wildman–Crippen MR) is 155 cm³/mol. The van der Waals surface area contributed by atoms with Gasteiger partial charge in [-0.2, -0.15) is 0 Å². The maximum Gasteiger partial charge on any atom is 0.417 e. The summed E-state index contributed by atoms with van der Waals surface area (Å²) in [6.07, 6.45) is -0.315. The molecule has 3 amide bonds. The van der Waals surface area contributed by atoms with Crippen LogP contribution in [0, 0.1) is 5.92 Å². The van der Waals surface area contributed by atoms with Crippen molar-refractivity contribution in [3.05, 3.63) is 94.9 Å². The van der Waals surface area contributed by atoms with Crippen molar-refractivity contribution >= 4 is 50.7 Å². The zero-order chi connectivity index (χ0) is 27.9. The first-order valence-electron chi connectivity index (χ1n) is 12.7. The SMILES string of the molecule is CC(C)C[C@H](N)C(=O)N(Cc1ccc2cc(C(=O)Nc3ccccc3N)sc2c1)C(=O)OCc1ccccc1. The van der Waals surface area contributed by atoms with E-state index in [9.17, 15) is 14.4 Å². The number of benzene rings is 3. The van der Waals surface area contributed by atoms with Gasteiger partial charge in [0.2, 0.25) is 5.91 Å². The third kappa shape index (κ3) is 7.22. The number of para-hydroxylation sites is 2. The number of nitrogens with zero attached hydrogens (tertiary/aromatic N) is 1. The minimum absolute atomic E-state index is 0.00578. The molecule has 3 aromatic carbocycles. The molecule has 1 heterocycles. The average molecular weight is 545 g/mol. The number of thiophene rings is 1. The lowest BCUT2D eigenvalue weighted by molar-refractivity contribution is -0.131. The van der Waals surface area contributed by atoms with E-state index in [1.165, 1.54) is 11.3 Å². The average Bonchev–Trinajstić information content (AvgIpc) is 3.35. The molecule has 4 rings (SSSR count). The fourth-order valence-electron chi connectivity index (χ4n) is 4.10. The maximum absolute atomic E-state index is 13.2. The molecule has 0 saturated heterocycles. The number of anilines is 2. The number of nitrogens with two attached hydrogens (primary N) is 2. The number of nitrogen functional groups attached to an aromatic ring is 1. The molecule has 8 nitrogen and oxygen atoms in total. The molecular formula is C30H32N4O4S. The van der Waals surface area contributed by atoms with E-state index in [4.69, 9.17) is 16.2 Å². The highest BCUT2D eigenvalue weighted by atomic mass is 32.1. The van der Waals surface area contributed by atoms with Gasteiger partial charge in [0.15, 0.2) is 0 Å². The van der Waals surface area contributed by atoms with E-state index >= 15 is 0 Å². The fourth-order valence-corrected chi connectivity index (χ4v) is 5.12. The van der Waals surface area contributed by atoms with Crippen LogP contribution in [0.15, 0.2) is 78.9 Å². The van der Waals surface area contributed by atoms with Crippen molar-refractivity contribution in [2.45, 2.75) is 39.5 Å². The first-order valence-corrected chi connectivity index (χ1v) is 13.5. The lowest BCUT2D eigenvalue weighted by Gasteiger charge is -2.24. The van der Waals surface area contributed by atoms with Crippen LogP contribution in [0.2, 0.25) is 0 Å². The van der Waals surface area contributed by atoms with Crippen LogP contribution in [-0.4, -0.2) is 28.8 Å². The minimum atomic E-state index is -0.833. The zero-order valence-corrected chi connectivity index (χ0v) is 22.7. The Morgan fingerprint density at radius 3 is 2.38 bits per heavy atom. The van der Waals surface area contributed by atoms with Crippen LogP contribution in [0.5, 0.6) is 0 Å².